The lowest BCUT2D eigenvalue weighted by Gasteiger charge is -2.31. The Balaban J connectivity index is 1.86. The Morgan fingerprint density at radius 3 is 2.81 bits per heavy atom. The molecule has 0 aliphatic carbocycles. The van der Waals surface area contributed by atoms with Crippen LogP contribution in [0, 0.1) is 25.2 Å². The fourth-order valence-electron chi connectivity index (χ4n) is 2.68. The van der Waals surface area contributed by atoms with Gasteiger partial charge in [-0.05, 0) is 38.7 Å². The Morgan fingerprint density at radius 1 is 1.52 bits per heavy atom. The largest absolute Gasteiger partial charge is 0.369 e. The van der Waals surface area contributed by atoms with Gasteiger partial charge in [0.05, 0.1) is 6.61 Å². The number of hydrogen-bond donors (Lipinski definition) is 0. The highest BCUT2D eigenvalue weighted by Crippen LogP contribution is 2.19. The minimum Gasteiger partial charge on any atom is -0.369 e. The number of likely N-dealkylation sites (tertiary alicyclic amines) is 1. The van der Waals surface area contributed by atoms with E-state index in [2.05, 4.69) is 11.0 Å². The number of nitrogens with zero attached hydrogens (tertiary/aromatic N) is 3. The van der Waals surface area contributed by atoms with E-state index in [-0.39, 0.29) is 5.91 Å². The molecule has 0 aromatic carbocycles. The average Bonchev–Trinajstić information content (AvgIpc) is 2.88. The summed E-state index contributed by atoms with van der Waals surface area (Å²) in [6, 6.07) is 1.87. The number of aromatic nitrogens is 2. The molecule has 1 aliphatic heterocycles. The zero-order chi connectivity index (χ0) is 15.2. The van der Waals surface area contributed by atoms with Crippen molar-refractivity contribution in [3.8, 4) is 12.3 Å². The molecule has 1 aromatic rings. The van der Waals surface area contributed by atoms with Gasteiger partial charge in [0.1, 0.15) is 6.61 Å². The molecule has 0 unspecified atom stereocenters. The normalized spacial score (nSPS) is 16.0. The Hall–Kier alpha value is -1.80. The maximum Gasteiger partial charge on any atom is 0.274 e. The molecule has 1 saturated heterocycles. The third-order valence-corrected chi connectivity index (χ3v) is 3.94. The van der Waals surface area contributed by atoms with E-state index in [9.17, 15) is 4.79 Å². The van der Waals surface area contributed by atoms with E-state index < -0.39 is 0 Å². The molecule has 2 heterocycles. The average molecular weight is 289 g/mol. The molecule has 0 spiro atoms. The Labute approximate surface area is 126 Å². The summed E-state index contributed by atoms with van der Waals surface area (Å²) in [4.78, 5) is 14.3. The summed E-state index contributed by atoms with van der Waals surface area (Å²) in [5.74, 6) is 3.00. The van der Waals surface area contributed by atoms with Crippen molar-refractivity contribution in [1.29, 1.82) is 0 Å². The molecule has 1 aromatic heterocycles. The number of carbonyl (C=O) groups is 1. The lowest BCUT2D eigenvalue weighted by atomic mass is 9.97. The third kappa shape index (κ3) is 3.85. The molecule has 1 aliphatic rings. The molecule has 114 valence electrons. The first-order valence-electron chi connectivity index (χ1n) is 7.50. The van der Waals surface area contributed by atoms with Gasteiger partial charge in [-0.2, -0.15) is 5.10 Å². The van der Waals surface area contributed by atoms with E-state index in [4.69, 9.17) is 11.2 Å². The maximum atomic E-state index is 12.4. The number of hydrogen-bond acceptors (Lipinski definition) is 3. The van der Waals surface area contributed by atoms with Gasteiger partial charge in [-0.3, -0.25) is 9.48 Å². The SMILES string of the molecule is C#CCOCC1CCN(C(=O)c2cc(C)n(CC)n2)CC1. The second kappa shape index (κ2) is 7.28. The molecule has 5 heteroatoms. The summed E-state index contributed by atoms with van der Waals surface area (Å²) in [7, 11) is 0. The molecule has 1 amide bonds. The monoisotopic (exact) mass is 289 g/mol. The Bertz CT molecular complexity index is 522. The number of piperidine rings is 1. The van der Waals surface area contributed by atoms with E-state index >= 15 is 0 Å². The number of carbonyl (C=O) groups excluding carboxylic acids is 1. The van der Waals surface area contributed by atoms with Crippen LogP contribution in [0.5, 0.6) is 0 Å². The molecular formula is C16H23N3O2. The number of amides is 1. The molecule has 2 rings (SSSR count). The topological polar surface area (TPSA) is 47.4 Å². The predicted octanol–water partition coefficient (Wildman–Crippen LogP) is 1.71. The number of ether oxygens (including phenoxy) is 1. The van der Waals surface area contributed by atoms with Gasteiger partial charge in [-0.15, -0.1) is 6.42 Å². The van der Waals surface area contributed by atoms with Crippen molar-refractivity contribution in [3.63, 3.8) is 0 Å². The fourth-order valence-corrected chi connectivity index (χ4v) is 2.68. The summed E-state index contributed by atoms with van der Waals surface area (Å²) in [6.45, 7) is 7.37. The molecule has 0 radical (unpaired) electrons. The highest BCUT2D eigenvalue weighted by atomic mass is 16.5. The maximum absolute atomic E-state index is 12.4. The second-order valence-corrected chi connectivity index (χ2v) is 5.44. The summed E-state index contributed by atoms with van der Waals surface area (Å²) in [5, 5.41) is 4.36. The van der Waals surface area contributed by atoms with Gasteiger partial charge >= 0.3 is 0 Å². The van der Waals surface area contributed by atoms with Gasteiger partial charge in [0.25, 0.3) is 5.91 Å². The van der Waals surface area contributed by atoms with E-state index in [1.54, 1.807) is 0 Å². The van der Waals surface area contributed by atoms with E-state index in [0.717, 1.165) is 38.2 Å². The van der Waals surface area contributed by atoms with Gasteiger partial charge in [-0.25, -0.2) is 0 Å². The van der Waals surface area contributed by atoms with Gasteiger partial charge < -0.3 is 9.64 Å². The van der Waals surface area contributed by atoms with E-state index in [0.29, 0.717) is 24.8 Å². The minimum atomic E-state index is 0.0355. The van der Waals surface area contributed by atoms with E-state index in [1.807, 2.05) is 29.5 Å². The standard InChI is InChI=1S/C16H23N3O2/c1-4-10-21-12-14-6-8-18(9-7-14)16(20)15-11-13(3)19(5-2)17-15/h1,11,14H,5-10,12H2,2-3H3. The molecule has 0 bridgehead atoms. The predicted molar refractivity (Wildman–Crippen MR) is 80.9 cm³/mol. The molecule has 0 atom stereocenters. The summed E-state index contributed by atoms with van der Waals surface area (Å²) in [6.07, 6.45) is 7.08. The molecule has 0 N–H and O–H groups in total. The van der Waals surface area contributed by atoms with Gasteiger partial charge in [-0.1, -0.05) is 5.92 Å². The van der Waals surface area contributed by atoms with Crippen LogP contribution in [0.15, 0.2) is 6.07 Å². The van der Waals surface area contributed by atoms with Crippen molar-refractivity contribution < 1.29 is 9.53 Å². The van der Waals surface area contributed by atoms with Crippen LogP contribution in [0.3, 0.4) is 0 Å². The van der Waals surface area contributed by atoms with Crippen molar-refractivity contribution in [2.45, 2.75) is 33.2 Å². The van der Waals surface area contributed by atoms with Crippen LogP contribution >= 0.6 is 0 Å². The van der Waals surface area contributed by atoms with Crippen molar-refractivity contribution >= 4 is 5.91 Å². The molecule has 1 fully saturated rings. The summed E-state index contributed by atoms with van der Waals surface area (Å²) in [5.41, 5.74) is 1.58. The van der Waals surface area contributed by atoms with Crippen molar-refractivity contribution in [2.24, 2.45) is 5.92 Å². The first-order chi connectivity index (χ1) is 10.2. The Kier molecular flexibility index (Phi) is 5.40. The lowest BCUT2D eigenvalue weighted by molar-refractivity contribution is 0.0576. The van der Waals surface area contributed by atoms with Crippen LogP contribution in [0.2, 0.25) is 0 Å². The zero-order valence-corrected chi connectivity index (χ0v) is 12.8. The number of aryl methyl sites for hydroxylation is 2. The quantitative estimate of drug-likeness (QED) is 0.612. The van der Waals surface area contributed by atoms with Crippen molar-refractivity contribution in [1.82, 2.24) is 14.7 Å². The first-order valence-corrected chi connectivity index (χ1v) is 7.50. The van der Waals surface area contributed by atoms with Crippen LogP contribution in [-0.2, 0) is 11.3 Å². The Morgan fingerprint density at radius 2 is 2.24 bits per heavy atom. The van der Waals surface area contributed by atoms with Gasteiger partial charge in [0.15, 0.2) is 5.69 Å². The summed E-state index contributed by atoms with van der Waals surface area (Å²) < 4.78 is 7.24. The lowest BCUT2D eigenvalue weighted by Crippen LogP contribution is -2.39. The van der Waals surface area contributed by atoms with Crippen molar-refractivity contribution in [3.05, 3.63) is 17.5 Å². The van der Waals surface area contributed by atoms with Crippen LogP contribution in [0.4, 0.5) is 0 Å². The van der Waals surface area contributed by atoms with Crippen LogP contribution < -0.4 is 0 Å². The van der Waals surface area contributed by atoms with Gasteiger partial charge in [0, 0.05) is 25.3 Å². The van der Waals surface area contributed by atoms with Crippen LogP contribution in [-0.4, -0.2) is 46.9 Å². The van der Waals surface area contributed by atoms with Crippen molar-refractivity contribution in [2.75, 3.05) is 26.3 Å². The molecular weight excluding hydrogens is 266 g/mol. The highest BCUT2D eigenvalue weighted by molar-refractivity contribution is 5.92. The molecule has 21 heavy (non-hydrogen) atoms. The number of rotatable bonds is 5. The van der Waals surface area contributed by atoms with E-state index in [1.165, 1.54) is 0 Å². The summed E-state index contributed by atoms with van der Waals surface area (Å²) >= 11 is 0. The number of terminal acetylenes is 1. The minimum absolute atomic E-state index is 0.0355. The zero-order valence-electron chi connectivity index (χ0n) is 12.8. The van der Waals surface area contributed by atoms with Crippen LogP contribution in [0.25, 0.3) is 0 Å². The first kappa shape index (κ1) is 15.6. The van der Waals surface area contributed by atoms with Gasteiger partial charge in [0.2, 0.25) is 0 Å². The van der Waals surface area contributed by atoms with Crippen LogP contribution in [0.1, 0.15) is 35.9 Å². The third-order valence-electron chi connectivity index (χ3n) is 3.94. The smallest absolute Gasteiger partial charge is 0.274 e. The fraction of sp³-hybridized carbons (Fsp3) is 0.625. The second-order valence-electron chi connectivity index (χ2n) is 5.44. The molecule has 0 saturated carbocycles. The highest BCUT2D eigenvalue weighted by Gasteiger charge is 2.25. The molecule has 5 nitrogen and oxygen atoms in total.